The Bertz CT molecular complexity index is 663. The number of benzene rings is 1. The molecule has 1 aromatic heterocycles. The van der Waals surface area contributed by atoms with Gasteiger partial charge in [0.25, 0.3) is 0 Å². The van der Waals surface area contributed by atoms with Gasteiger partial charge in [0.1, 0.15) is 0 Å². The Morgan fingerprint density at radius 2 is 2.11 bits per heavy atom. The van der Waals surface area contributed by atoms with Crippen molar-refractivity contribution in [3.63, 3.8) is 0 Å². The van der Waals surface area contributed by atoms with Crippen LogP contribution < -0.4 is 0 Å². The van der Waals surface area contributed by atoms with Gasteiger partial charge < -0.3 is 4.57 Å². The number of hydrogen-bond donors (Lipinski definition) is 0. The average molecular weight is 238 g/mol. The van der Waals surface area contributed by atoms with Crippen molar-refractivity contribution in [3.05, 3.63) is 41.6 Å². The highest BCUT2D eigenvalue weighted by molar-refractivity contribution is 5.96. The van der Waals surface area contributed by atoms with Gasteiger partial charge >= 0.3 is 0 Å². The molecule has 0 saturated heterocycles. The molecule has 3 heterocycles. The van der Waals surface area contributed by atoms with E-state index in [1.54, 1.807) is 5.57 Å². The Hall–Kier alpha value is -1.54. The zero-order valence-corrected chi connectivity index (χ0v) is 11.0. The molecule has 4 rings (SSSR count). The minimum Gasteiger partial charge on any atom is -0.345 e. The first-order valence-electron chi connectivity index (χ1n) is 6.75. The zero-order valence-electron chi connectivity index (χ0n) is 11.0. The van der Waals surface area contributed by atoms with Gasteiger partial charge in [-0.05, 0) is 37.6 Å². The van der Waals surface area contributed by atoms with E-state index in [0.717, 1.165) is 6.54 Å². The van der Waals surface area contributed by atoms with Crippen LogP contribution in [-0.2, 0) is 6.54 Å². The smallest absolute Gasteiger partial charge is 0.0560 e. The number of nitrogens with zero attached hydrogens (tertiary/aromatic N) is 2. The van der Waals surface area contributed by atoms with E-state index in [1.807, 2.05) is 0 Å². The monoisotopic (exact) mass is 238 g/mol. The molecule has 92 valence electrons. The van der Waals surface area contributed by atoms with Gasteiger partial charge in [-0.1, -0.05) is 18.2 Å². The summed E-state index contributed by atoms with van der Waals surface area (Å²) in [6.45, 7) is 4.49. The highest BCUT2D eigenvalue weighted by Gasteiger charge is 2.30. The van der Waals surface area contributed by atoms with Crippen LogP contribution in [0.5, 0.6) is 0 Å². The fraction of sp³-hybridized carbons (Fsp3) is 0.375. The molecule has 1 atom stereocenters. The van der Waals surface area contributed by atoms with Crippen molar-refractivity contribution in [1.82, 2.24) is 9.47 Å². The van der Waals surface area contributed by atoms with Crippen LogP contribution in [0.15, 0.2) is 30.5 Å². The third-order valence-corrected chi connectivity index (χ3v) is 4.56. The van der Waals surface area contributed by atoms with Crippen molar-refractivity contribution in [2.75, 3.05) is 13.6 Å². The predicted molar refractivity (Wildman–Crippen MR) is 75.7 cm³/mol. The van der Waals surface area contributed by atoms with Crippen LogP contribution >= 0.6 is 0 Å². The van der Waals surface area contributed by atoms with Crippen molar-refractivity contribution in [3.8, 4) is 0 Å². The molecule has 1 unspecified atom stereocenters. The molecular formula is C16H18N2. The van der Waals surface area contributed by atoms with E-state index >= 15 is 0 Å². The summed E-state index contributed by atoms with van der Waals surface area (Å²) in [4.78, 5) is 2.49. The van der Waals surface area contributed by atoms with Crippen molar-refractivity contribution >= 4 is 16.5 Å². The van der Waals surface area contributed by atoms with E-state index < -0.39 is 0 Å². The zero-order chi connectivity index (χ0) is 12.3. The van der Waals surface area contributed by atoms with E-state index in [0.29, 0.717) is 6.04 Å². The molecule has 2 aliphatic heterocycles. The van der Waals surface area contributed by atoms with Crippen LogP contribution in [0.3, 0.4) is 0 Å². The predicted octanol–water partition coefficient (Wildman–Crippen LogP) is 3.05. The van der Waals surface area contributed by atoms with Crippen molar-refractivity contribution in [2.45, 2.75) is 25.9 Å². The van der Waals surface area contributed by atoms with Gasteiger partial charge in [0.05, 0.1) is 11.6 Å². The number of fused-ring (bicyclic) bond motifs is 2. The molecule has 2 aliphatic rings. The maximum Gasteiger partial charge on any atom is 0.0560 e. The van der Waals surface area contributed by atoms with Gasteiger partial charge in [-0.25, -0.2) is 0 Å². The molecule has 0 amide bonds. The lowest BCUT2D eigenvalue weighted by Crippen LogP contribution is -2.41. The highest BCUT2D eigenvalue weighted by Crippen LogP contribution is 2.38. The second-order valence-corrected chi connectivity index (χ2v) is 5.60. The standard InChI is InChI=1S/C16H18N2/c1-11-5-6-14-13-4-3-8-17(2)15(13)10-18-9-7-12(11)16(14)18/h4-7,9,15H,3,8,10H2,1-2H3. The molecule has 2 nitrogen and oxygen atoms in total. The molecule has 0 N–H and O–H groups in total. The van der Waals surface area contributed by atoms with E-state index in [9.17, 15) is 0 Å². The number of likely N-dealkylation sites (N-methyl/N-ethyl adjacent to an activating group) is 1. The Labute approximate surface area is 108 Å². The summed E-state index contributed by atoms with van der Waals surface area (Å²) in [5.41, 5.74) is 5.81. The highest BCUT2D eigenvalue weighted by atomic mass is 15.2. The molecule has 0 saturated carbocycles. The maximum atomic E-state index is 2.49. The molecular weight excluding hydrogens is 220 g/mol. The minimum atomic E-state index is 0.560. The summed E-state index contributed by atoms with van der Waals surface area (Å²) in [5, 5.41) is 1.42. The first-order valence-corrected chi connectivity index (χ1v) is 6.75. The summed E-state index contributed by atoms with van der Waals surface area (Å²) in [7, 11) is 2.25. The first-order chi connectivity index (χ1) is 8.75. The number of hydrogen-bond acceptors (Lipinski definition) is 1. The number of aryl methyl sites for hydroxylation is 1. The van der Waals surface area contributed by atoms with Gasteiger partial charge in [0, 0.05) is 30.2 Å². The van der Waals surface area contributed by atoms with E-state index in [4.69, 9.17) is 0 Å². The lowest BCUT2D eigenvalue weighted by molar-refractivity contribution is 0.260. The maximum absolute atomic E-state index is 2.49. The Balaban J connectivity index is 2.04. The van der Waals surface area contributed by atoms with Crippen LogP contribution in [0.25, 0.3) is 16.5 Å². The largest absolute Gasteiger partial charge is 0.345 e. The molecule has 2 aromatic rings. The van der Waals surface area contributed by atoms with Crippen molar-refractivity contribution in [2.24, 2.45) is 0 Å². The fourth-order valence-electron chi connectivity index (χ4n) is 3.52. The SMILES string of the molecule is Cc1ccc2c3c1ccn3CC1C2=CCCN1C. The molecule has 0 spiro atoms. The summed E-state index contributed by atoms with van der Waals surface area (Å²) in [6, 6.07) is 7.40. The van der Waals surface area contributed by atoms with Gasteiger partial charge in [0.2, 0.25) is 0 Å². The number of rotatable bonds is 0. The number of aromatic nitrogens is 1. The molecule has 0 fully saturated rings. The van der Waals surface area contributed by atoms with E-state index in [-0.39, 0.29) is 0 Å². The van der Waals surface area contributed by atoms with Crippen LogP contribution in [0.4, 0.5) is 0 Å². The topological polar surface area (TPSA) is 8.17 Å². The summed E-state index contributed by atoms with van der Waals surface area (Å²) in [5.74, 6) is 0. The quantitative estimate of drug-likeness (QED) is 0.685. The van der Waals surface area contributed by atoms with Gasteiger partial charge in [-0.15, -0.1) is 0 Å². The van der Waals surface area contributed by atoms with Gasteiger partial charge in [-0.3, -0.25) is 4.90 Å². The van der Waals surface area contributed by atoms with Crippen molar-refractivity contribution < 1.29 is 0 Å². The summed E-state index contributed by atoms with van der Waals surface area (Å²) < 4.78 is 2.43. The van der Waals surface area contributed by atoms with Crippen LogP contribution in [0, 0.1) is 6.92 Å². The van der Waals surface area contributed by atoms with Crippen molar-refractivity contribution in [1.29, 1.82) is 0 Å². The third-order valence-electron chi connectivity index (χ3n) is 4.56. The normalized spacial score (nSPS) is 23.0. The van der Waals surface area contributed by atoms with E-state index in [2.05, 4.69) is 53.9 Å². The lowest BCUT2D eigenvalue weighted by atomic mass is 9.89. The molecule has 0 aliphatic carbocycles. The molecule has 2 heteroatoms. The van der Waals surface area contributed by atoms with Crippen LogP contribution in [0.1, 0.15) is 17.5 Å². The second-order valence-electron chi connectivity index (χ2n) is 5.60. The Morgan fingerprint density at radius 1 is 1.22 bits per heavy atom. The molecule has 0 bridgehead atoms. The summed E-state index contributed by atoms with van der Waals surface area (Å²) in [6.07, 6.45) is 5.88. The Morgan fingerprint density at radius 3 is 3.00 bits per heavy atom. The van der Waals surface area contributed by atoms with Crippen LogP contribution in [0.2, 0.25) is 0 Å². The Kier molecular flexibility index (Phi) is 2.01. The van der Waals surface area contributed by atoms with Gasteiger partial charge in [0.15, 0.2) is 0 Å². The second kappa shape index (κ2) is 3.48. The molecule has 0 radical (unpaired) electrons. The third kappa shape index (κ3) is 1.21. The van der Waals surface area contributed by atoms with E-state index in [1.165, 1.54) is 35.0 Å². The van der Waals surface area contributed by atoms with Crippen LogP contribution in [-0.4, -0.2) is 29.1 Å². The average Bonchev–Trinajstić information content (AvgIpc) is 2.79. The lowest BCUT2D eigenvalue weighted by Gasteiger charge is -2.37. The molecule has 1 aromatic carbocycles. The first kappa shape index (κ1) is 10.4. The van der Waals surface area contributed by atoms with Gasteiger partial charge in [-0.2, -0.15) is 0 Å². The summed E-state index contributed by atoms with van der Waals surface area (Å²) >= 11 is 0. The minimum absolute atomic E-state index is 0.560. The fourth-order valence-corrected chi connectivity index (χ4v) is 3.52. The molecule has 18 heavy (non-hydrogen) atoms.